The van der Waals surface area contributed by atoms with E-state index in [1.807, 2.05) is 30.9 Å². The largest absolute Gasteiger partial charge is 0.491 e. The number of fused-ring (bicyclic) bond motifs is 1. The zero-order valence-corrected chi connectivity index (χ0v) is 13.8. The van der Waals surface area contributed by atoms with Crippen molar-refractivity contribution in [1.82, 2.24) is 4.98 Å². The number of rotatable bonds is 4. The third kappa shape index (κ3) is 3.82. The molecule has 1 aromatic carbocycles. The number of hydrogen-bond acceptors (Lipinski definition) is 4. The quantitative estimate of drug-likeness (QED) is 0.934. The Bertz CT molecular complexity index is 749. The number of halogens is 1. The second-order valence-electron chi connectivity index (χ2n) is 6.03. The van der Waals surface area contributed by atoms with Gasteiger partial charge in [-0.2, -0.15) is 0 Å². The predicted molar refractivity (Wildman–Crippen MR) is 90.7 cm³/mol. The van der Waals surface area contributed by atoms with Crippen molar-refractivity contribution in [3.05, 3.63) is 48.0 Å². The maximum absolute atomic E-state index is 13.5. The molecule has 0 saturated heterocycles. The normalized spacial score (nSPS) is 14.2. The van der Waals surface area contributed by atoms with Crippen LogP contribution in [0.5, 0.6) is 5.75 Å². The average molecular weight is 329 g/mol. The Morgan fingerprint density at radius 3 is 2.96 bits per heavy atom. The Hall–Kier alpha value is -2.63. The summed E-state index contributed by atoms with van der Waals surface area (Å²) in [6, 6.07) is 8.14. The van der Waals surface area contributed by atoms with Crippen LogP contribution in [0.4, 0.5) is 15.8 Å². The number of carbonyl (C=O) groups is 1. The lowest BCUT2D eigenvalue weighted by atomic mass is 10.2. The summed E-state index contributed by atoms with van der Waals surface area (Å²) in [5.41, 5.74) is 2.11. The van der Waals surface area contributed by atoms with Crippen LogP contribution in [0, 0.1) is 5.82 Å². The van der Waals surface area contributed by atoms with Crippen LogP contribution in [0.15, 0.2) is 36.5 Å². The van der Waals surface area contributed by atoms with Gasteiger partial charge in [-0.05, 0) is 38.1 Å². The summed E-state index contributed by atoms with van der Waals surface area (Å²) in [5.74, 6) is 0.272. The number of ether oxygens (including phenoxy) is 1. The van der Waals surface area contributed by atoms with E-state index in [0.717, 1.165) is 17.1 Å². The summed E-state index contributed by atoms with van der Waals surface area (Å²) in [6.07, 6.45) is 2.14. The molecule has 24 heavy (non-hydrogen) atoms. The first kappa shape index (κ1) is 16.2. The van der Waals surface area contributed by atoms with Crippen LogP contribution in [-0.2, 0) is 11.3 Å². The highest BCUT2D eigenvalue weighted by molar-refractivity contribution is 5.96. The molecular formula is C18H20FN3O2. The van der Waals surface area contributed by atoms with Crippen molar-refractivity contribution in [2.24, 2.45) is 0 Å². The van der Waals surface area contributed by atoms with E-state index in [0.29, 0.717) is 25.2 Å². The average Bonchev–Trinajstić information content (AvgIpc) is 2.65. The van der Waals surface area contributed by atoms with Gasteiger partial charge in [-0.3, -0.25) is 9.78 Å². The second-order valence-corrected chi connectivity index (χ2v) is 6.03. The van der Waals surface area contributed by atoms with E-state index in [2.05, 4.69) is 10.3 Å². The molecule has 0 unspecified atom stereocenters. The molecule has 0 atom stereocenters. The minimum atomic E-state index is -0.374. The van der Waals surface area contributed by atoms with Crippen LogP contribution in [0.1, 0.15) is 26.0 Å². The van der Waals surface area contributed by atoms with Crippen LogP contribution in [0.3, 0.4) is 0 Å². The number of carbonyl (C=O) groups excluding carboxylic acids is 1. The van der Waals surface area contributed by atoms with Crippen molar-refractivity contribution in [3.63, 3.8) is 0 Å². The van der Waals surface area contributed by atoms with Gasteiger partial charge in [-0.1, -0.05) is 0 Å². The zero-order valence-electron chi connectivity index (χ0n) is 13.8. The Morgan fingerprint density at radius 1 is 1.33 bits per heavy atom. The molecule has 0 saturated carbocycles. The number of pyridine rings is 1. The Morgan fingerprint density at radius 2 is 2.17 bits per heavy atom. The highest BCUT2D eigenvalue weighted by Crippen LogP contribution is 2.30. The monoisotopic (exact) mass is 329 g/mol. The van der Waals surface area contributed by atoms with E-state index < -0.39 is 0 Å². The highest BCUT2D eigenvalue weighted by Gasteiger charge is 2.20. The Kier molecular flexibility index (Phi) is 4.64. The van der Waals surface area contributed by atoms with E-state index in [1.165, 1.54) is 12.1 Å². The molecule has 0 radical (unpaired) electrons. The molecule has 3 rings (SSSR count). The molecule has 0 fully saturated rings. The lowest BCUT2D eigenvalue weighted by Gasteiger charge is -2.24. The lowest BCUT2D eigenvalue weighted by molar-refractivity contribution is -0.115. The van der Waals surface area contributed by atoms with Crippen molar-refractivity contribution in [2.45, 2.75) is 32.9 Å². The van der Waals surface area contributed by atoms with Crippen molar-refractivity contribution in [2.75, 3.05) is 16.8 Å². The van der Waals surface area contributed by atoms with Crippen molar-refractivity contribution in [1.29, 1.82) is 0 Å². The fraction of sp³-hybridized carbons (Fsp3) is 0.333. The van der Waals surface area contributed by atoms with Gasteiger partial charge in [0.1, 0.15) is 11.6 Å². The molecule has 2 heterocycles. The molecule has 1 N–H and O–H groups in total. The summed E-state index contributed by atoms with van der Waals surface area (Å²) in [7, 11) is 0. The Labute approximate surface area is 140 Å². The van der Waals surface area contributed by atoms with Gasteiger partial charge >= 0.3 is 0 Å². The molecule has 0 bridgehead atoms. The van der Waals surface area contributed by atoms with E-state index >= 15 is 0 Å². The zero-order chi connectivity index (χ0) is 17.1. The van der Waals surface area contributed by atoms with Gasteiger partial charge < -0.3 is 15.0 Å². The standard InChI is InChI=1S/C18H20FN3O2/c1-12(2)24-15-5-7-20-14(10-15)11-22-8-6-18(23)21-16-9-13(19)3-4-17(16)22/h3-5,7,9-10,12H,6,8,11H2,1-2H3,(H,21,23). The molecule has 2 aromatic rings. The van der Waals surface area contributed by atoms with Gasteiger partial charge in [-0.15, -0.1) is 0 Å². The summed E-state index contributed by atoms with van der Waals surface area (Å²) in [5, 5.41) is 2.75. The third-order valence-corrected chi connectivity index (χ3v) is 3.69. The fourth-order valence-electron chi connectivity index (χ4n) is 2.70. The third-order valence-electron chi connectivity index (χ3n) is 3.69. The van der Waals surface area contributed by atoms with E-state index in [-0.39, 0.29) is 17.8 Å². The van der Waals surface area contributed by atoms with Crippen molar-refractivity contribution < 1.29 is 13.9 Å². The van der Waals surface area contributed by atoms with Crippen LogP contribution in [0.2, 0.25) is 0 Å². The smallest absolute Gasteiger partial charge is 0.226 e. The molecule has 0 spiro atoms. The number of nitrogens with one attached hydrogen (secondary N) is 1. The van der Waals surface area contributed by atoms with Crippen LogP contribution < -0.4 is 15.0 Å². The predicted octanol–water partition coefficient (Wildman–Crippen LogP) is 3.36. The van der Waals surface area contributed by atoms with Gasteiger partial charge in [-0.25, -0.2) is 4.39 Å². The molecule has 5 nitrogen and oxygen atoms in total. The SMILES string of the molecule is CC(C)Oc1ccnc(CN2CCC(=O)Nc3cc(F)ccc32)c1. The van der Waals surface area contributed by atoms with Crippen molar-refractivity contribution in [3.8, 4) is 5.75 Å². The molecular weight excluding hydrogens is 309 g/mol. The molecule has 126 valence electrons. The molecule has 0 aliphatic carbocycles. The second kappa shape index (κ2) is 6.86. The molecule has 1 aliphatic rings. The number of benzene rings is 1. The van der Waals surface area contributed by atoms with E-state index in [9.17, 15) is 9.18 Å². The van der Waals surface area contributed by atoms with E-state index in [4.69, 9.17) is 4.74 Å². The maximum atomic E-state index is 13.5. The van der Waals surface area contributed by atoms with Crippen LogP contribution >= 0.6 is 0 Å². The minimum Gasteiger partial charge on any atom is -0.491 e. The topological polar surface area (TPSA) is 54.5 Å². The number of aromatic nitrogens is 1. The number of hydrogen-bond donors (Lipinski definition) is 1. The highest BCUT2D eigenvalue weighted by atomic mass is 19.1. The van der Waals surface area contributed by atoms with Crippen LogP contribution in [-0.4, -0.2) is 23.5 Å². The lowest BCUT2D eigenvalue weighted by Crippen LogP contribution is -2.24. The van der Waals surface area contributed by atoms with Crippen LogP contribution in [0.25, 0.3) is 0 Å². The molecule has 1 amide bonds. The first-order valence-electron chi connectivity index (χ1n) is 7.97. The summed E-state index contributed by atoms with van der Waals surface area (Å²) in [4.78, 5) is 18.2. The number of anilines is 2. The fourth-order valence-corrected chi connectivity index (χ4v) is 2.70. The molecule has 6 heteroatoms. The van der Waals surface area contributed by atoms with Gasteiger partial charge in [0.15, 0.2) is 0 Å². The molecule has 1 aliphatic heterocycles. The summed E-state index contributed by atoms with van der Waals surface area (Å²) in [6.45, 7) is 5.00. The minimum absolute atomic E-state index is 0.0870. The maximum Gasteiger partial charge on any atom is 0.226 e. The first-order chi connectivity index (χ1) is 11.5. The first-order valence-corrected chi connectivity index (χ1v) is 7.97. The van der Waals surface area contributed by atoms with E-state index in [1.54, 1.807) is 12.3 Å². The Balaban J connectivity index is 1.86. The summed E-state index contributed by atoms with van der Waals surface area (Å²) < 4.78 is 19.2. The van der Waals surface area contributed by atoms with Gasteiger partial charge in [0.2, 0.25) is 5.91 Å². The van der Waals surface area contributed by atoms with Crippen molar-refractivity contribution >= 4 is 17.3 Å². The molecule has 1 aromatic heterocycles. The van der Waals surface area contributed by atoms with Gasteiger partial charge in [0.25, 0.3) is 0 Å². The van der Waals surface area contributed by atoms with Gasteiger partial charge in [0.05, 0.1) is 29.7 Å². The number of nitrogens with zero attached hydrogens (tertiary/aromatic N) is 2. The summed E-state index contributed by atoms with van der Waals surface area (Å²) >= 11 is 0. The number of amides is 1. The van der Waals surface area contributed by atoms with Gasteiger partial charge in [0, 0.05) is 25.2 Å².